The highest BCUT2D eigenvalue weighted by molar-refractivity contribution is 7.99. The average Bonchev–Trinajstić information content (AvgIpc) is 2.22. The lowest BCUT2D eigenvalue weighted by atomic mass is 9.90. The second-order valence-corrected chi connectivity index (χ2v) is 5.34. The lowest BCUT2D eigenvalue weighted by molar-refractivity contribution is -0.121. The zero-order valence-corrected chi connectivity index (χ0v) is 10.7. The van der Waals surface area contributed by atoms with Crippen LogP contribution < -0.4 is 0 Å². The first-order valence-corrected chi connectivity index (χ1v) is 6.90. The highest BCUT2D eigenvalue weighted by atomic mass is 32.2. The Balaban J connectivity index is 2.05. The third-order valence-corrected chi connectivity index (χ3v) is 4.29. The molecule has 1 N–H and O–H groups in total. The molecule has 3 nitrogen and oxygen atoms in total. The molecule has 0 atom stereocenters. The third kappa shape index (κ3) is 3.94. The molecule has 1 rings (SSSR count). The van der Waals surface area contributed by atoms with Gasteiger partial charge in [-0.05, 0) is 13.1 Å². The number of ether oxygens (including phenoxy) is 1. The Hall–Kier alpha value is 0.230. The van der Waals surface area contributed by atoms with Crippen LogP contribution in [-0.2, 0) is 4.74 Å². The summed E-state index contributed by atoms with van der Waals surface area (Å²) in [7, 11) is 0. The molecule has 0 radical (unpaired) electrons. The Bertz CT molecular complexity index is 164. The van der Waals surface area contributed by atoms with E-state index in [0.717, 1.165) is 44.4 Å². The van der Waals surface area contributed by atoms with Crippen LogP contribution in [0.2, 0.25) is 0 Å². The lowest BCUT2D eigenvalue weighted by Gasteiger charge is -2.39. The van der Waals surface area contributed by atoms with Crippen LogP contribution >= 0.6 is 11.8 Å². The van der Waals surface area contributed by atoms with Crippen molar-refractivity contribution >= 4 is 11.8 Å². The normalized spacial score (nSPS) is 19.2. The van der Waals surface area contributed by atoms with Gasteiger partial charge < -0.3 is 14.7 Å². The van der Waals surface area contributed by atoms with Gasteiger partial charge in [-0.3, -0.25) is 0 Å². The number of aliphatic hydroxyl groups excluding tert-OH is 1. The van der Waals surface area contributed by atoms with Crippen LogP contribution in [0.3, 0.4) is 0 Å². The quantitative estimate of drug-likeness (QED) is 0.636. The average molecular weight is 233 g/mol. The van der Waals surface area contributed by atoms with Crippen molar-refractivity contribution in [3.8, 4) is 0 Å². The van der Waals surface area contributed by atoms with Gasteiger partial charge in [-0.25, -0.2) is 0 Å². The fourth-order valence-electron chi connectivity index (χ4n) is 1.63. The van der Waals surface area contributed by atoms with Crippen LogP contribution in [0.5, 0.6) is 0 Å². The van der Waals surface area contributed by atoms with Gasteiger partial charge in [-0.15, -0.1) is 0 Å². The van der Waals surface area contributed by atoms with E-state index in [9.17, 15) is 5.11 Å². The molecule has 0 aromatic heterocycles. The molecule has 1 aliphatic rings. The molecule has 1 saturated heterocycles. The van der Waals surface area contributed by atoms with Gasteiger partial charge in [-0.1, -0.05) is 13.8 Å². The lowest BCUT2D eigenvalue weighted by Crippen LogP contribution is -2.47. The smallest absolute Gasteiger partial charge is 0.0575 e. The molecule has 0 spiro atoms. The summed E-state index contributed by atoms with van der Waals surface area (Å²) < 4.78 is 5.17. The molecule has 0 unspecified atom stereocenters. The van der Waals surface area contributed by atoms with Crippen LogP contribution in [0, 0.1) is 5.41 Å². The molecule has 0 aromatic carbocycles. The molecule has 0 aliphatic carbocycles. The standard InChI is InChI=1S/C11H23NO2S/c1-3-12(4-2)5-6-15-10-11(7-13)8-14-9-11/h13H,3-10H2,1-2H3. The van der Waals surface area contributed by atoms with Gasteiger partial charge in [-0.2, -0.15) is 11.8 Å². The van der Waals surface area contributed by atoms with Crippen LogP contribution in [0.15, 0.2) is 0 Å². The van der Waals surface area contributed by atoms with Crippen molar-refractivity contribution < 1.29 is 9.84 Å². The van der Waals surface area contributed by atoms with Crippen molar-refractivity contribution in [2.45, 2.75) is 13.8 Å². The van der Waals surface area contributed by atoms with Gasteiger partial charge in [0.15, 0.2) is 0 Å². The molecule has 15 heavy (non-hydrogen) atoms. The number of aliphatic hydroxyl groups is 1. The molecule has 4 heteroatoms. The first-order chi connectivity index (χ1) is 7.26. The summed E-state index contributed by atoms with van der Waals surface area (Å²) in [4.78, 5) is 2.43. The first-order valence-electron chi connectivity index (χ1n) is 5.75. The maximum absolute atomic E-state index is 9.23. The number of rotatable bonds is 8. The van der Waals surface area contributed by atoms with Crippen molar-refractivity contribution in [3.05, 3.63) is 0 Å². The molecule has 1 aliphatic heterocycles. The summed E-state index contributed by atoms with van der Waals surface area (Å²) in [5.41, 5.74) is 0.0773. The zero-order chi connectivity index (χ0) is 11.1. The minimum Gasteiger partial charge on any atom is -0.396 e. The van der Waals surface area contributed by atoms with Crippen molar-refractivity contribution in [1.29, 1.82) is 0 Å². The van der Waals surface area contributed by atoms with Gasteiger partial charge in [0.1, 0.15) is 0 Å². The van der Waals surface area contributed by atoms with Crippen LogP contribution in [0.4, 0.5) is 0 Å². The van der Waals surface area contributed by atoms with Gasteiger partial charge in [0.05, 0.1) is 19.8 Å². The number of hydrogen-bond donors (Lipinski definition) is 1. The Morgan fingerprint density at radius 1 is 1.33 bits per heavy atom. The van der Waals surface area contributed by atoms with Crippen molar-refractivity contribution in [2.75, 3.05) is 51.0 Å². The van der Waals surface area contributed by atoms with E-state index >= 15 is 0 Å². The van der Waals surface area contributed by atoms with E-state index in [2.05, 4.69) is 18.7 Å². The Kier molecular flexibility index (Phi) is 5.97. The van der Waals surface area contributed by atoms with E-state index < -0.39 is 0 Å². The highest BCUT2D eigenvalue weighted by Crippen LogP contribution is 2.30. The zero-order valence-electron chi connectivity index (χ0n) is 9.87. The van der Waals surface area contributed by atoms with E-state index in [-0.39, 0.29) is 12.0 Å². The monoisotopic (exact) mass is 233 g/mol. The summed E-state index contributed by atoms with van der Waals surface area (Å²) in [6.07, 6.45) is 0. The first kappa shape index (κ1) is 13.3. The van der Waals surface area contributed by atoms with E-state index in [1.807, 2.05) is 11.8 Å². The van der Waals surface area contributed by atoms with E-state index in [0.29, 0.717) is 0 Å². The highest BCUT2D eigenvalue weighted by Gasteiger charge is 2.37. The molecule has 90 valence electrons. The van der Waals surface area contributed by atoms with Crippen LogP contribution in [-0.4, -0.2) is 61.0 Å². The maximum Gasteiger partial charge on any atom is 0.0575 e. The van der Waals surface area contributed by atoms with Crippen molar-refractivity contribution in [3.63, 3.8) is 0 Å². The second-order valence-electron chi connectivity index (χ2n) is 4.23. The van der Waals surface area contributed by atoms with Gasteiger partial charge in [0.2, 0.25) is 0 Å². The Morgan fingerprint density at radius 2 is 2.00 bits per heavy atom. The molecule has 0 amide bonds. The molecular weight excluding hydrogens is 210 g/mol. The Labute approximate surface area is 97.2 Å². The number of thioether (sulfide) groups is 1. The predicted molar refractivity (Wildman–Crippen MR) is 65.5 cm³/mol. The summed E-state index contributed by atoms with van der Waals surface area (Å²) >= 11 is 1.94. The summed E-state index contributed by atoms with van der Waals surface area (Å²) in [5, 5.41) is 9.23. The maximum atomic E-state index is 9.23. The Morgan fingerprint density at radius 3 is 2.40 bits per heavy atom. The SMILES string of the molecule is CCN(CC)CCSCC1(CO)COC1. The van der Waals surface area contributed by atoms with Crippen LogP contribution in [0.25, 0.3) is 0 Å². The largest absolute Gasteiger partial charge is 0.396 e. The predicted octanol–water partition coefficient (Wildman–Crippen LogP) is 1.07. The molecule has 0 bridgehead atoms. The van der Waals surface area contributed by atoms with E-state index in [1.54, 1.807) is 0 Å². The fraction of sp³-hybridized carbons (Fsp3) is 1.00. The van der Waals surface area contributed by atoms with Gasteiger partial charge in [0.25, 0.3) is 0 Å². The minimum absolute atomic E-state index is 0.0773. The molecule has 0 saturated carbocycles. The van der Waals surface area contributed by atoms with Gasteiger partial charge in [0, 0.05) is 23.5 Å². The molecule has 1 heterocycles. The van der Waals surface area contributed by atoms with Crippen LogP contribution in [0.1, 0.15) is 13.8 Å². The summed E-state index contributed by atoms with van der Waals surface area (Å²) in [6, 6.07) is 0. The molecule has 1 fully saturated rings. The minimum atomic E-state index is 0.0773. The van der Waals surface area contributed by atoms with E-state index in [1.165, 1.54) is 0 Å². The summed E-state index contributed by atoms with van der Waals surface area (Å²) in [5.74, 6) is 2.19. The number of nitrogens with zero attached hydrogens (tertiary/aromatic N) is 1. The molecule has 0 aromatic rings. The second kappa shape index (κ2) is 6.74. The number of hydrogen-bond acceptors (Lipinski definition) is 4. The fourth-order valence-corrected chi connectivity index (χ4v) is 2.86. The van der Waals surface area contributed by atoms with Gasteiger partial charge >= 0.3 is 0 Å². The van der Waals surface area contributed by atoms with Crippen molar-refractivity contribution in [2.24, 2.45) is 5.41 Å². The topological polar surface area (TPSA) is 32.7 Å². The molecular formula is C11H23NO2S. The van der Waals surface area contributed by atoms with Crippen molar-refractivity contribution in [1.82, 2.24) is 4.90 Å². The third-order valence-electron chi connectivity index (χ3n) is 3.01. The summed E-state index contributed by atoms with van der Waals surface area (Å²) in [6.45, 7) is 9.55. The van der Waals surface area contributed by atoms with E-state index in [4.69, 9.17) is 4.74 Å².